The van der Waals surface area contributed by atoms with E-state index in [0.717, 1.165) is 9.75 Å². The van der Waals surface area contributed by atoms with Crippen LogP contribution in [0.15, 0.2) is 18.2 Å². The van der Waals surface area contributed by atoms with Crippen LogP contribution >= 0.6 is 20.6 Å². The Labute approximate surface area is 98.5 Å². The first-order valence-corrected chi connectivity index (χ1v) is 6.05. The molecule has 2 rings (SSSR count). The van der Waals surface area contributed by atoms with Gasteiger partial charge in [0.1, 0.15) is 11.4 Å². The fraction of sp³-hybridized carbons (Fsp3) is 0.300. The lowest BCUT2D eigenvalue weighted by atomic mass is 10.3. The van der Waals surface area contributed by atoms with Crippen LogP contribution in [0.4, 0.5) is 8.78 Å². The second-order valence-electron chi connectivity index (χ2n) is 3.57. The molecule has 0 aliphatic rings. The van der Waals surface area contributed by atoms with Gasteiger partial charge in [0, 0.05) is 11.9 Å². The molecule has 6 heteroatoms. The molecule has 1 atom stereocenters. The van der Waals surface area contributed by atoms with E-state index >= 15 is 0 Å². The van der Waals surface area contributed by atoms with Crippen molar-refractivity contribution < 1.29 is 8.78 Å². The molecule has 2 aromatic heterocycles. The highest BCUT2D eigenvalue weighted by Gasteiger charge is 2.29. The van der Waals surface area contributed by atoms with E-state index in [-0.39, 0.29) is 5.69 Å². The molecule has 0 aromatic carbocycles. The summed E-state index contributed by atoms with van der Waals surface area (Å²) in [4.78, 5) is 2.05. The van der Waals surface area contributed by atoms with Crippen molar-refractivity contribution in [2.24, 2.45) is 7.05 Å². The zero-order valence-electron chi connectivity index (χ0n) is 8.87. The highest BCUT2D eigenvalue weighted by Crippen LogP contribution is 2.37. The molecule has 0 bridgehead atoms. The summed E-state index contributed by atoms with van der Waals surface area (Å²) < 4.78 is 27.5. The molecule has 0 amide bonds. The molecule has 0 radical (unpaired) electrons. The van der Waals surface area contributed by atoms with Gasteiger partial charge in [-0.15, -0.1) is 11.3 Å². The molecule has 86 valence electrons. The summed E-state index contributed by atoms with van der Waals surface area (Å²) in [5, 5.41) is 4.09. The lowest BCUT2D eigenvalue weighted by molar-refractivity contribution is 0.0938. The first-order chi connectivity index (χ1) is 7.38. The average Bonchev–Trinajstić information content (AvgIpc) is 2.70. The van der Waals surface area contributed by atoms with Crippen LogP contribution in [0, 0.1) is 6.92 Å². The molecule has 0 aliphatic carbocycles. The smallest absolute Gasteiger partial charge is 0.266 e. The van der Waals surface area contributed by atoms with E-state index in [1.165, 1.54) is 27.0 Å². The summed E-state index contributed by atoms with van der Waals surface area (Å²) in [6.45, 7) is 1.97. The van der Waals surface area contributed by atoms with Crippen LogP contribution in [0.5, 0.6) is 0 Å². The number of nitrogens with zero attached hydrogens (tertiary/aromatic N) is 2. The largest absolute Gasteiger partial charge is 0.299 e. The highest BCUT2D eigenvalue weighted by atomic mass is 32.1. The number of aryl methyl sites for hydroxylation is 2. The van der Waals surface area contributed by atoms with Crippen molar-refractivity contribution in [3.63, 3.8) is 0 Å². The van der Waals surface area contributed by atoms with E-state index in [4.69, 9.17) is 0 Å². The Bertz CT molecular complexity index is 513. The normalized spacial score (nSPS) is 12.1. The summed E-state index contributed by atoms with van der Waals surface area (Å²) in [5.41, 5.74) is -2.44. The minimum atomic E-state index is -2.94. The van der Waals surface area contributed by atoms with Crippen molar-refractivity contribution in [1.29, 1.82) is 0 Å². The molecule has 0 fully saturated rings. The molecular weight excluding hydrogens is 249 g/mol. The highest BCUT2D eigenvalue weighted by molar-refractivity contribution is 7.17. The molecule has 0 saturated carbocycles. The molecule has 2 aromatic rings. The van der Waals surface area contributed by atoms with Crippen molar-refractivity contribution in [2.45, 2.75) is 12.6 Å². The van der Waals surface area contributed by atoms with E-state index in [2.05, 4.69) is 5.10 Å². The molecule has 16 heavy (non-hydrogen) atoms. The van der Waals surface area contributed by atoms with Crippen LogP contribution in [0.2, 0.25) is 0 Å². The average molecular weight is 260 g/mol. The number of rotatable bonds is 2. The number of aromatic nitrogens is 2. The molecule has 1 unspecified atom stereocenters. The van der Waals surface area contributed by atoms with E-state index in [0.29, 0.717) is 5.69 Å². The Morgan fingerprint density at radius 3 is 2.56 bits per heavy atom. The number of thiophene rings is 1. The monoisotopic (exact) mass is 260 g/mol. The summed E-state index contributed by atoms with van der Waals surface area (Å²) >= 11 is 1.55. The van der Waals surface area contributed by atoms with Gasteiger partial charge in [-0.2, -0.15) is 13.9 Å². The van der Waals surface area contributed by atoms with Crippen molar-refractivity contribution in [2.75, 3.05) is 0 Å². The van der Waals surface area contributed by atoms with Crippen molar-refractivity contribution in [3.05, 3.63) is 28.8 Å². The zero-order valence-corrected chi connectivity index (χ0v) is 10.8. The van der Waals surface area contributed by atoms with E-state index in [1.54, 1.807) is 11.3 Å². The summed E-state index contributed by atoms with van der Waals surface area (Å²) in [7, 11) is 3.05. The van der Waals surface area contributed by atoms with Gasteiger partial charge < -0.3 is 0 Å². The van der Waals surface area contributed by atoms with Crippen LogP contribution in [0.1, 0.15) is 10.6 Å². The Balaban J connectivity index is 2.46. The van der Waals surface area contributed by atoms with Gasteiger partial charge in [0.15, 0.2) is 0 Å². The lowest BCUT2D eigenvalue weighted by Gasteiger charge is -2.08. The van der Waals surface area contributed by atoms with Crippen molar-refractivity contribution in [1.82, 2.24) is 9.78 Å². The minimum Gasteiger partial charge on any atom is -0.266 e. The molecule has 0 spiro atoms. The number of hydrogen-bond acceptors (Lipinski definition) is 2. The minimum absolute atomic E-state index is 0.0986. The summed E-state index contributed by atoms with van der Waals surface area (Å²) in [6, 6.07) is 5.28. The Kier molecular flexibility index (Phi) is 2.84. The van der Waals surface area contributed by atoms with Crippen LogP contribution in [-0.4, -0.2) is 9.78 Å². The maximum atomic E-state index is 13.2. The zero-order chi connectivity index (χ0) is 11.9. The van der Waals surface area contributed by atoms with Gasteiger partial charge in [0.05, 0.1) is 4.88 Å². The maximum Gasteiger partial charge on any atom is 0.299 e. The molecule has 0 N–H and O–H groups in total. The number of alkyl halides is 2. The molecule has 2 heterocycles. The standard InChI is InChI=1S/C10H11F2N2PS/c1-6-3-4-8(16-6)7-5-9(10(11,12)15)14(2)13-7/h3-5H,15H2,1-2H3. The van der Waals surface area contributed by atoms with E-state index in [1.807, 2.05) is 19.1 Å². The van der Waals surface area contributed by atoms with Crippen LogP contribution in [0.3, 0.4) is 0 Å². The van der Waals surface area contributed by atoms with Gasteiger partial charge >= 0.3 is 0 Å². The number of halogens is 2. The molecule has 0 aliphatic heterocycles. The fourth-order valence-corrected chi connectivity index (χ4v) is 2.57. The Morgan fingerprint density at radius 2 is 2.12 bits per heavy atom. The molecular formula is C10H11F2N2PS. The predicted molar refractivity (Wildman–Crippen MR) is 64.9 cm³/mol. The van der Waals surface area contributed by atoms with Crippen molar-refractivity contribution in [3.8, 4) is 10.6 Å². The van der Waals surface area contributed by atoms with Crippen LogP contribution in [0.25, 0.3) is 10.6 Å². The Hall–Kier alpha value is -0.800. The van der Waals surface area contributed by atoms with E-state index in [9.17, 15) is 8.78 Å². The molecule has 2 nitrogen and oxygen atoms in total. The topological polar surface area (TPSA) is 17.8 Å². The summed E-state index contributed by atoms with van der Waals surface area (Å²) in [5.74, 6) is 0. The predicted octanol–water partition coefficient (Wildman–Crippen LogP) is 3.38. The third-order valence-electron chi connectivity index (χ3n) is 2.21. The first-order valence-electron chi connectivity index (χ1n) is 4.66. The van der Waals surface area contributed by atoms with Gasteiger partial charge in [0.25, 0.3) is 5.66 Å². The van der Waals surface area contributed by atoms with Gasteiger partial charge in [-0.25, -0.2) is 0 Å². The third kappa shape index (κ3) is 2.15. The second kappa shape index (κ2) is 3.90. The molecule has 0 saturated heterocycles. The maximum absolute atomic E-state index is 13.2. The lowest BCUT2D eigenvalue weighted by Crippen LogP contribution is -2.09. The number of hydrogen-bond donors (Lipinski definition) is 0. The first kappa shape index (κ1) is 11.7. The van der Waals surface area contributed by atoms with Gasteiger partial charge in [-0.05, 0) is 25.1 Å². The third-order valence-corrected chi connectivity index (χ3v) is 3.53. The quantitative estimate of drug-likeness (QED) is 0.757. The van der Waals surface area contributed by atoms with Crippen LogP contribution < -0.4 is 0 Å². The fourth-order valence-electron chi connectivity index (χ4n) is 1.47. The SMILES string of the molecule is Cc1ccc(-c2cc(C(F)(F)P)n(C)n2)s1. The van der Waals surface area contributed by atoms with Crippen molar-refractivity contribution >= 4 is 20.6 Å². The summed E-state index contributed by atoms with van der Waals surface area (Å²) in [6.07, 6.45) is 0. The Morgan fingerprint density at radius 1 is 1.44 bits per heavy atom. The van der Waals surface area contributed by atoms with Crippen LogP contribution in [-0.2, 0) is 12.7 Å². The van der Waals surface area contributed by atoms with Gasteiger partial charge in [-0.1, -0.05) is 9.24 Å². The van der Waals surface area contributed by atoms with Gasteiger partial charge in [-0.3, -0.25) is 4.68 Å². The second-order valence-corrected chi connectivity index (χ2v) is 5.58. The van der Waals surface area contributed by atoms with E-state index < -0.39 is 5.66 Å². The van der Waals surface area contributed by atoms with Gasteiger partial charge in [0.2, 0.25) is 0 Å².